The summed E-state index contributed by atoms with van der Waals surface area (Å²) in [5.41, 5.74) is 3.67. The molecule has 150 valence electrons. The Morgan fingerprint density at radius 1 is 1.00 bits per heavy atom. The highest BCUT2D eigenvalue weighted by molar-refractivity contribution is 6.35. The van der Waals surface area contributed by atoms with Gasteiger partial charge in [-0.05, 0) is 43.7 Å². The number of aryl methyl sites for hydroxylation is 1. The van der Waals surface area contributed by atoms with Crippen LogP contribution < -0.4 is 10.1 Å². The first-order valence-electron chi connectivity index (χ1n) is 9.76. The summed E-state index contributed by atoms with van der Waals surface area (Å²) in [6.07, 6.45) is 1.74. The van der Waals surface area contributed by atoms with Gasteiger partial charge in [0.1, 0.15) is 0 Å². The van der Waals surface area contributed by atoms with Crippen LogP contribution >= 0.6 is 11.6 Å². The number of nitrogens with one attached hydrogen (secondary N) is 1. The standard InChI is InChI=1S/C25H21ClN2O2/c1-3-30-25-20-11-7-6-10-19(20)23(15-27-25)28-17-12-13-21(22(26)14-17)24(29)18-9-5-4-8-16(18)2/h4-15,28H,3H2,1-2H3. The summed E-state index contributed by atoms with van der Waals surface area (Å²) in [6, 6.07) is 20.8. The van der Waals surface area contributed by atoms with Crippen LogP contribution in [0.3, 0.4) is 0 Å². The van der Waals surface area contributed by atoms with E-state index in [9.17, 15) is 4.79 Å². The second-order valence-electron chi connectivity index (χ2n) is 6.92. The molecule has 0 amide bonds. The minimum absolute atomic E-state index is 0.0853. The third-order valence-corrected chi connectivity index (χ3v) is 5.23. The van der Waals surface area contributed by atoms with Crippen molar-refractivity contribution in [3.05, 3.63) is 94.6 Å². The second kappa shape index (κ2) is 8.56. The summed E-state index contributed by atoms with van der Waals surface area (Å²) in [5, 5.41) is 5.68. The molecule has 5 heteroatoms. The molecule has 0 saturated carbocycles. The number of nitrogens with zero attached hydrogens (tertiary/aromatic N) is 1. The molecule has 0 spiro atoms. The van der Waals surface area contributed by atoms with Gasteiger partial charge in [0.05, 0.1) is 23.5 Å². The summed E-state index contributed by atoms with van der Waals surface area (Å²) in [4.78, 5) is 17.3. The van der Waals surface area contributed by atoms with Gasteiger partial charge in [0, 0.05) is 27.6 Å². The van der Waals surface area contributed by atoms with Gasteiger partial charge in [-0.1, -0.05) is 54.1 Å². The van der Waals surface area contributed by atoms with Crippen LogP contribution in [-0.2, 0) is 0 Å². The van der Waals surface area contributed by atoms with Crippen LogP contribution in [0.4, 0.5) is 11.4 Å². The molecule has 0 bridgehead atoms. The number of ether oxygens (including phenoxy) is 1. The Kier molecular flexibility index (Phi) is 5.68. The fraction of sp³-hybridized carbons (Fsp3) is 0.120. The van der Waals surface area contributed by atoms with Gasteiger partial charge in [-0.25, -0.2) is 4.98 Å². The van der Waals surface area contributed by atoms with Crippen molar-refractivity contribution in [1.82, 2.24) is 4.98 Å². The molecule has 0 aliphatic carbocycles. The highest BCUT2D eigenvalue weighted by Crippen LogP contribution is 2.32. The Morgan fingerprint density at radius 3 is 2.47 bits per heavy atom. The van der Waals surface area contributed by atoms with E-state index in [-0.39, 0.29) is 5.78 Å². The van der Waals surface area contributed by atoms with E-state index in [0.29, 0.717) is 28.6 Å². The van der Waals surface area contributed by atoms with Crippen molar-refractivity contribution in [3.63, 3.8) is 0 Å². The summed E-state index contributed by atoms with van der Waals surface area (Å²) in [5.74, 6) is 0.522. The van der Waals surface area contributed by atoms with Crippen LogP contribution in [0.1, 0.15) is 28.4 Å². The van der Waals surface area contributed by atoms with Gasteiger partial charge in [-0.2, -0.15) is 0 Å². The van der Waals surface area contributed by atoms with E-state index in [2.05, 4.69) is 10.3 Å². The van der Waals surface area contributed by atoms with Gasteiger partial charge >= 0.3 is 0 Å². The van der Waals surface area contributed by atoms with Gasteiger partial charge in [0.15, 0.2) is 5.78 Å². The third kappa shape index (κ3) is 3.87. The van der Waals surface area contributed by atoms with Crippen LogP contribution in [-0.4, -0.2) is 17.4 Å². The highest BCUT2D eigenvalue weighted by atomic mass is 35.5. The van der Waals surface area contributed by atoms with E-state index >= 15 is 0 Å². The Morgan fingerprint density at radius 2 is 1.73 bits per heavy atom. The van der Waals surface area contributed by atoms with E-state index in [1.54, 1.807) is 18.3 Å². The number of anilines is 2. The number of benzene rings is 3. The molecule has 0 radical (unpaired) electrons. The number of aromatic nitrogens is 1. The molecule has 30 heavy (non-hydrogen) atoms. The normalized spacial score (nSPS) is 10.8. The maximum atomic E-state index is 12.9. The molecule has 0 fully saturated rings. The zero-order valence-electron chi connectivity index (χ0n) is 16.8. The molecule has 1 N–H and O–H groups in total. The molecule has 0 aliphatic rings. The molecule has 1 heterocycles. The van der Waals surface area contributed by atoms with Crippen molar-refractivity contribution >= 4 is 39.5 Å². The average Bonchev–Trinajstić information content (AvgIpc) is 2.76. The maximum Gasteiger partial charge on any atom is 0.221 e. The second-order valence-corrected chi connectivity index (χ2v) is 7.33. The zero-order valence-corrected chi connectivity index (χ0v) is 17.5. The summed E-state index contributed by atoms with van der Waals surface area (Å²) in [6.45, 7) is 4.40. The van der Waals surface area contributed by atoms with Gasteiger partial charge < -0.3 is 10.1 Å². The highest BCUT2D eigenvalue weighted by Gasteiger charge is 2.15. The van der Waals surface area contributed by atoms with Crippen LogP contribution in [0, 0.1) is 6.92 Å². The van der Waals surface area contributed by atoms with Gasteiger partial charge in [0.2, 0.25) is 5.88 Å². The number of hydrogen-bond acceptors (Lipinski definition) is 4. The maximum absolute atomic E-state index is 12.9. The Balaban J connectivity index is 1.66. The minimum Gasteiger partial charge on any atom is -0.478 e. The molecule has 4 rings (SSSR count). The van der Waals surface area contributed by atoms with Gasteiger partial charge in [-0.3, -0.25) is 4.79 Å². The lowest BCUT2D eigenvalue weighted by Gasteiger charge is -2.13. The predicted octanol–water partition coefficient (Wildman–Crippen LogP) is 6.57. The molecular formula is C25H21ClN2O2. The predicted molar refractivity (Wildman–Crippen MR) is 122 cm³/mol. The summed E-state index contributed by atoms with van der Waals surface area (Å²) < 4.78 is 5.64. The van der Waals surface area contributed by atoms with Crippen molar-refractivity contribution in [2.45, 2.75) is 13.8 Å². The van der Waals surface area contributed by atoms with Crippen molar-refractivity contribution in [2.24, 2.45) is 0 Å². The largest absolute Gasteiger partial charge is 0.478 e. The minimum atomic E-state index is -0.0853. The van der Waals surface area contributed by atoms with E-state index in [4.69, 9.17) is 16.3 Å². The fourth-order valence-electron chi connectivity index (χ4n) is 3.42. The van der Waals surface area contributed by atoms with E-state index in [1.807, 2.05) is 68.4 Å². The molecule has 0 saturated heterocycles. The number of carbonyl (C=O) groups excluding carboxylic acids is 1. The third-order valence-electron chi connectivity index (χ3n) is 4.92. The number of hydrogen-bond donors (Lipinski definition) is 1. The van der Waals surface area contributed by atoms with Crippen molar-refractivity contribution in [3.8, 4) is 5.88 Å². The number of ketones is 1. The molecule has 4 nitrogen and oxygen atoms in total. The van der Waals surface area contributed by atoms with E-state index in [1.165, 1.54) is 0 Å². The van der Waals surface area contributed by atoms with Crippen molar-refractivity contribution < 1.29 is 9.53 Å². The Labute approximate surface area is 180 Å². The lowest BCUT2D eigenvalue weighted by Crippen LogP contribution is -2.05. The smallest absolute Gasteiger partial charge is 0.221 e. The number of carbonyl (C=O) groups is 1. The number of halogens is 1. The first-order valence-corrected chi connectivity index (χ1v) is 10.1. The molecular weight excluding hydrogens is 396 g/mol. The first kappa shape index (κ1) is 19.9. The lowest BCUT2D eigenvalue weighted by molar-refractivity contribution is 0.103. The summed E-state index contributed by atoms with van der Waals surface area (Å²) in [7, 11) is 0. The monoisotopic (exact) mass is 416 g/mol. The quantitative estimate of drug-likeness (QED) is 0.361. The lowest BCUT2D eigenvalue weighted by atomic mass is 9.99. The SMILES string of the molecule is CCOc1ncc(Nc2ccc(C(=O)c3ccccc3C)c(Cl)c2)c2ccccc12. The molecule has 3 aromatic carbocycles. The number of rotatable bonds is 6. The van der Waals surface area contributed by atoms with Crippen LogP contribution in [0.15, 0.2) is 72.9 Å². The average molecular weight is 417 g/mol. The van der Waals surface area contributed by atoms with Crippen molar-refractivity contribution in [1.29, 1.82) is 0 Å². The number of fused-ring (bicyclic) bond motifs is 1. The van der Waals surface area contributed by atoms with Gasteiger partial charge in [-0.15, -0.1) is 0 Å². The molecule has 1 aromatic heterocycles. The first-order chi connectivity index (χ1) is 14.6. The fourth-order valence-corrected chi connectivity index (χ4v) is 3.69. The van der Waals surface area contributed by atoms with Crippen LogP contribution in [0.25, 0.3) is 10.8 Å². The van der Waals surface area contributed by atoms with E-state index in [0.717, 1.165) is 27.7 Å². The topological polar surface area (TPSA) is 51.2 Å². The van der Waals surface area contributed by atoms with Crippen LogP contribution in [0.2, 0.25) is 5.02 Å². The zero-order chi connectivity index (χ0) is 21.1. The van der Waals surface area contributed by atoms with Crippen molar-refractivity contribution in [2.75, 3.05) is 11.9 Å². The van der Waals surface area contributed by atoms with E-state index < -0.39 is 0 Å². The number of pyridine rings is 1. The Bertz CT molecular complexity index is 1240. The molecule has 0 atom stereocenters. The molecule has 0 aliphatic heterocycles. The molecule has 0 unspecified atom stereocenters. The molecule has 4 aromatic rings. The Hall–Kier alpha value is -3.37. The van der Waals surface area contributed by atoms with Crippen LogP contribution in [0.5, 0.6) is 5.88 Å². The summed E-state index contributed by atoms with van der Waals surface area (Å²) >= 11 is 6.48. The van der Waals surface area contributed by atoms with Gasteiger partial charge in [0.25, 0.3) is 0 Å².